The fourth-order valence-electron chi connectivity index (χ4n) is 2.84. The van der Waals surface area contributed by atoms with Crippen molar-refractivity contribution in [3.63, 3.8) is 0 Å². The van der Waals surface area contributed by atoms with E-state index >= 15 is 0 Å². The largest absolute Gasteiger partial charge is 0.377 e. The zero-order valence-corrected chi connectivity index (χ0v) is 13.7. The minimum Gasteiger partial charge on any atom is -0.377 e. The van der Waals surface area contributed by atoms with Crippen molar-refractivity contribution in [2.24, 2.45) is 5.92 Å². The van der Waals surface area contributed by atoms with Gasteiger partial charge in [-0.3, -0.25) is 4.21 Å². The van der Waals surface area contributed by atoms with Crippen molar-refractivity contribution in [3.05, 3.63) is 30.1 Å². The van der Waals surface area contributed by atoms with Crippen molar-refractivity contribution >= 4 is 16.8 Å². The molecule has 1 saturated heterocycles. The maximum atomic E-state index is 13.6. The molecule has 0 bridgehead atoms. The van der Waals surface area contributed by atoms with Crippen LogP contribution in [-0.2, 0) is 15.5 Å². The van der Waals surface area contributed by atoms with Crippen LogP contribution in [0.5, 0.6) is 0 Å². The Kier molecular flexibility index (Phi) is 5.27. The molecule has 1 aromatic rings. The van der Waals surface area contributed by atoms with Gasteiger partial charge < -0.3 is 15.0 Å². The number of urea groups is 1. The lowest BCUT2D eigenvalue weighted by atomic mass is 10.1. The lowest BCUT2D eigenvalue weighted by Crippen LogP contribution is -2.53. The highest BCUT2D eigenvalue weighted by Crippen LogP contribution is 2.36. The molecule has 1 heterocycles. The van der Waals surface area contributed by atoms with E-state index in [1.807, 2.05) is 4.90 Å². The molecule has 7 heteroatoms. The summed E-state index contributed by atoms with van der Waals surface area (Å²) >= 11 is 0. The molecule has 1 aromatic carbocycles. The summed E-state index contributed by atoms with van der Waals surface area (Å²) < 4.78 is 31.1. The smallest absolute Gasteiger partial charge is 0.317 e. The van der Waals surface area contributed by atoms with Crippen LogP contribution in [0, 0.1) is 11.7 Å². The molecule has 23 heavy (non-hydrogen) atoms. The maximum absolute atomic E-state index is 13.6. The first-order valence-corrected chi connectivity index (χ1v) is 9.24. The van der Waals surface area contributed by atoms with Gasteiger partial charge in [-0.1, -0.05) is 12.1 Å². The number of halogens is 1. The molecule has 0 radical (unpaired) electrons. The molecule has 2 fully saturated rings. The summed E-state index contributed by atoms with van der Waals surface area (Å²) in [5, 5.41) is 2.80. The van der Waals surface area contributed by atoms with Gasteiger partial charge in [0.15, 0.2) is 0 Å². The van der Waals surface area contributed by atoms with Crippen LogP contribution >= 0.6 is 0 Å². The Morgan fingerprint density at radius 1 is 1.39 bits per heavy atom. The molecule has 5 nitrogen and oxygen atoms in total. The molecule has 0 spiro atoms. The van der Waals surface area contributed by atoms with Crippen LogP contribution in [-0.4, -0.2) is 53.2 Å². The molecule has 3 rings (SSSR count). The van der Waals surface area contributed by atoms with E-state index in [-0.39, 0.29) is 29.3 Å². The minimum absolute atomic E-state index is 0.143. The van der Waals surface area contributed by atoms with Crippen LogP contribution in [0.2, 0.25) is 0 Å². The molecular formula is C16H21FN2O3S. The summed E-state index contributed by atoms with van der Waals surface area (Å²) in [6.45, 7) is 2.00. The van der Waals surface area contributed by atoms with Gasteiger partial charge in [0, 0.05) is 18.8 Å². The number of benzene rings is 1. The van der Waals surface area contributed by atoms with Crippen LogP contribution < -0.4 is 5.32 Å². The Hall–Kier alpha value is -1.47. The molecule has 2 amide bonds. The summed E-state index contributed by atoms with van der Waals surface area (Å²) in [5.41, 5.74) is 0. The van der Waals surface area contributed by atoms with Crippen LogP contribution in [0.15, 0.2) is 29.2 Å². The number of nitrogens with one attached hydrogen (secondary N) is 1. The number of carbonyl (C=O) groups excluding carboxylic acids is 1. The van der Waals surface area contributed by atoms with Crippen molar-refractivity contribution in [1.29, 1.82) is 0 Å². The normalized spacial score (nSPS) is 22.7. The van der Waals surface area contributed by atoms with E-state index in [4.69, 9.17) is 4.74 Å². The molecule has 2 atom stereocenters. The standard InChI is InChI=1S/C16H21FN2O3S/c17-13-3-1-2-4-15(13)23(21)10-7-18-16(20)19-8-9-22-11-14(19)12-5-6-12/h1-4,12,14H,5-11H2,(H,18,20)/t14-,23-/m0/s1. The number of ether oxygens (including phenoxy) is 1. The van der Waals surface area contributed by atoms with E-state index in [1.54, 1.807) is 12.1 Å². The molecule has 1 aliphatic carbocycles. The van der Waals surface area contributed by atoms with Crippen LogP contribution in [0.4, 0.5) is 9.18 Å². The fraction of sp³-hybridized carbons (Fsp3) is 0.562. The van der Waals surface area contributed by atoms with Crippen LogP contribution in [0.25, 0.3) is 0 Å². The monoisotopic (exact) mass is 340 g/mol. The highest BCUT2D eigenvalue weighted by molar-refractivity contribution is 7.85. The maximum Gasteiger partial charge on any atom is 0.317 e. The first kappa shape index (κ1) is 16.4. The highest BCUT2D eigenvalue weighted by atomic mass is 32.2. The second kappa shape index (κ2) is 7.40. The SMILES string of the molecule is O=C(NCC[S@](=O)c1ccccc1F)N1CCOC[C@H]1C1CC1. The minimum atomic E-state index is -1.45. The second-order valence-corrected chi connectivity index (χ2v) is 7.42. The lowest BCUT2D eigenvalue weighted by Gasteiger charge is -2.35. The van der Waals surface area contributed by atoms with Gasteiger partial charge in [-0.05, 0) is 30.9 Å². The van der Waals surface area contributed by atoms with Crippen molar-refractivity contribution in [1.82, 2.24) is 10.2 Å². The van der Waals surface area contributed by atoms with E-state index in [0.717, 1.165) is 12.8 Å². The van der Waals surface area contributed by atoms with Crippen LogP contribution in [0.3, 0.4) is 0 Å². The third kappa shape index (κ3) is 4.09. The Labute approximate surface area is 137 Å². The average Bonchev–Trinajstić information content (AvgIpc) is 3.40. The van der Waals surface area contributed by atoms with Gasteiger partial charge >= 0.3 is 6.03 Å². The summed E-state index contributed by atoms with van der Waals surface area (Å²) in [6.07, 6.45) is 2.30. The molecule has 1 N–H and O–H groups in total. The van der Waals surface area contributed by atoms with Gasteiger partial charge in [-0.25, -0.2) is 9.18 Å². The number of amides is 2. The first-order chi connectivity index (χ1) is 11.2. The Morgan fingerprint density at radius 3 is 2.91 bits per heavy atom. The van der Waals surface area contributed by atoms with Crippen molar-refractivity contribution in [2.75, 3.05) is 32.1 Å². The highest BCUT2D eigenvalue weighted by Gasteiger charge is 2.39. The average molecular weight is 340 g/mol. The molecular weight excluding hydrogens is 319 g/mol. The van der Waals surface area contributed by atoms with Crippen LogP contribution in [0.1, 0.15) is 12.8 Å². The van der Waals surface area contributed by atoms with Crippen molar-refractivity contribution < 1.29 is 18.1 Å². The molecule has 0 unspecified atom stereocenters. The molecule has 126 valence electrons. The Bertz CT molecular complexity index is 594. The summed E-state index contributed by atoms with van der Waals surface area (Å²) in [5.74, 6) is 0.276. The van der Waals surface area contributed by atoms with E-state index in [2.05, 4.69) is 5.32 Å². The second-order valence-electron chi connectivity index (χ2n) is 5.89. The number of hydrogen-bond acceptors (Lipinski definition) is 3. The molecule has 2 aliphatic rings. The third-order valence-electron chi connectivity index (χ3n) is 4.24. The lowest BCUT2D eigenvalue weighted by molar-refractivity contribution is 0.00484. The zero-order valence-electron chi connectivity index (χ0n) is 12.9. The van der Waals surface area contributed by atoms with E-state index in [0.29, 0.717) is 25.7 Å². The Balaban J connectivity index is 1.49. The Morgan fingerprint density at radius 2 is 2.17 bits per heavy atom. The number of nitrogens with zero attached hydrogens (tertiary/aromatic N) is 1. The van der Waals surface area contributed by atoms with E-state index in [1.165, 1.54) is 12.1 Å². The third-order valence-corrected chi connectivity index (χ3v) is 5.63. The van der Waals surface area contributed by atoms with Gasteiger partial charge in [0.25, 0.3) is 0 Å². The summed E-state index contributed by atoms with van der Waals surface area (Å²) in [7, 11) is -1.45. The first-order valence-electron chi connectivity index (χ1n) is 7.92. The van der Waals surface area contributed by atoms with Gasteiger partial charge in [-0.2, -0.15) is 0 Å². The van der Waals surface area contributed by atoms with Crippen molar-refractivity contribution in [2.45, 2.75) is 23.8 Å². The quantitative estimate of drug-likeness (QED) is 0.888. The van der Waals surface area contributed by atoms with Gasteiger partial charge in [0.1, 0.15) is 5.82 Å². The fourth-order valence-corrected chi connectivity index (χ4v) is 3.86. The van der Waals surface area contributed by atoms with Crippen molar-refractivity contribution in [3.8, 4) is 0 Å². The van der Waals surface area contributed by atoms with E-state index in [9.17, 15) is 13.4 Å². The molecule has 1 aliphatic heterocycles. The number of morpholine rings is 1. The predicted octanol–water partition coefficient (Wildman–Crippen LogP) is 1.75. The zero-order chi connectivity index (χ0) is 16.2. The van der Waals surface area contributed by atoms with Gasteiger partial charge in [0.2, 0.25) is 0 Å². The number of hydrogen-bond donors (Lipinski definition) is 1. The number of carbonyl (C=O) groups is 1. The molecule has 1 saturated carbocycles. The van der Waals surface area contributed by atoms with Gasteiger partial charge in [0.05, 0.1) is 35.0 Å². The molecule has 0 aromatic heterocycles. The summed E-state index contributed by atoms with van der Waals surface area (Å²) in [6, 6.07) is 6.03. The van der Waals surface area contributed by atoms with E-state index < -0.39 is 16.6 Å². The number of rotatable bonds is 5. The topological polar surface area (TPSA) is 58.6 Å². The summed E-state index contributed by atoms with van der Waals surface area (Å²) in [4.78, 5) is 14.3. The predicted molar refractivity (Wildman–Crippen MR) is 85.1 cm³/mol. The van der Waals surface area contributed by atoms with Gasteiger partial charge in [-0.15, -0.1) is 0 Å².